The maximum Gasteiger partial charge on any atom is 0.224 e. The Bertz CT molecular complexity index is 677. The molecule has 0 saturated heterocycles. The maximum atomic E-state index is 13.2. The first-order valence-electron chi connectivity index (χ1n) is 7.56. The van der Waals surface area contributed by atoms with Gasteiger partial charge in [-0.25, -0.2) is 14.4 Å². The van der Waals surface area contributed by atoms with Gasteiger partial charge in [-0.2, -0.15) is 0 Å². The number of nitrogens with zero attached hydrogens (tertiary/aromatic N) is 3. The highest BCUT2D eigenvalue weighted by atomic mass is 127. The zero-order chi connectivity index (χ0) is 16.7. The molecule has 0 aliphatic carbocycles. The molecule has 0 saturated carbocycles. The molecule has 1 aromatic carbocycles. The van der Waals surface area contributed by atoms with Gasteiger partial charge < -0.3 is 15.4 Å². The smallest absolute Gasteiger partial charge is 0.224 e. The standard InChI is InChI=1S/C17H21FN4O.HI/c1-3-22(4-2)17(19)21-12-13-7-6-10-20-16(13)23-15-9-5-8-14(18)11-15;/h5-11H,3-4,12H2,1-2H3,(H2,19,21);1H. The normalized spacial score (nSPS) is 10.9. The third-order valence-electron chi connectivity index (χ3n) is 3.36. The van der Waals surface area contributed by atoms with Crippen LogP contribution in [0.15, 0.2) is 47.6 Å². The number of ether oxygens (including phenoxy) is 1. The van der Waals surface area contributed by atoms with Gasteiger partial charge in [0.1, 0.15) is 11.6 Å². The molecule has 0 aliphatic heterocycles. The van der Waals surface area contributed by atoms with Crippen LogP contribution in [0, 0.1) is 5.82 Å². The van der Waals surface area contributed by atoms with Crippen molar-refractivity contribution >= 4 is 29.9 Å². The largest absolute Gasteiger partial charge is 0.439 e. The van der Waals surface area contributed by atoms with Crippen molar-refractivity contribution in [3.63, 3.8) is 0 Å². The maximum absolute atomic E-state index is 13.2. The van der Waals surface area contributed by atoms with Crippen molar-refractivity contribution in [3.8, 4) is 11.6 Å². The molecule has 0 radical (unpaired) electrons. The first-order chi connectivity index (χ1) is 11.1. The van der Waals surface area contributed by atoms with Gasteiger partial charge in [-0.15, -0.1) is 24.0 Å². The number of guanidine groups is 1. The van der Waals surface area contributed by atoms with Gasteiger partial charge in [0.15, 0.2) is 5.96 Å². The molecule has 0 bridgehead atoms. The summed E-state index contributed by atoms with van der Waals surface area (Å²) in [5.74, 6) is 0.916. The summed E-state index contributed by atoms with van der Waals surface area (Å²) in [7, 11) is 0. The van der Waals surface area contributed by atoms with E-state index < -0.39 is 0 Å². The first kappa shape index (κ1) is 20.1. The molecule has 0 aliphatic rings. The van der Waals surface area contributed by atoms with Crippen LogP contribution in [-0.4, -0.2) is 28.9 Å². The SMILES string of the molecule is CCN(CC)C(N)=NCc1cccnc1Oc1cccc(F)c1.I. The van der Waals surface area contributed by atoms with E-state index in [1.165, 1.54) is 12.1 Å². The molecule has 1 heterocycles. The van der Waals surface area contributed by atoms with Gasteiger partial charge in [-0.1, -0.05) is 12.1 Å². The molecule has 0 fully saturated rings. The third-order valence-corrected chi connectivity index (χ3v) is 3.36. The van der Waals surface area contributed by atoms with E-state index >= 15 is 0 Å². The number of pyridine rings is 1. The molecular weight excluding hydrogens is 422 g/mol. The lowest BCUT2D eigenvalue weighted by Crippen LogP contribution is -2.37. The molecule has 5 nitrogen and oxygen atoms in total. The summed E-state index contributed by atoms with van der Waals surface area (Å²) in [5, 5.41) is 0. The second-order valence-corrected chi connectivity index (χ2v) is 4.87. The fourth-order valence-corrected chi connectivity index (χ4v) is 2.09. The third kappa shape index (κ3) is 5.63. The minimum atomic E-state index is -0.358. The molecule has 2 N–H and O–H groups in total. The number of hydrogen-bond donors (Lipinski definition) is 1. The lowest BCUT2D eigenvalue weighted by Gasteiger charge is -2.19. The molecule has 0 atom stereocenters. The molecule has 2 aromatic rings. The molecular formula is C17H22FIN4O. The number of aromatic nitrogens is 1. The van der Waals surface area contributed by atoms with E-state index in [1.54, 1.807) is 24.4 Å². The summed E-state index contributed by atoms with van der Waals surface area (Å²) in [6.45, 7) is 5.99. The van der Waals surface area contributed by atoms with E-state index in [1.807, 2.05) is 24.8 Å². The second-order valence-electron chi connectivity index (χ2n) is 4.87. The Labute approximate surface area is 158 Å². The van der Waals surface area contributed by atoms with Crippen molar-refractivity contribution < 1.29 is 9.13 Å². The Morgan fingerprint density at radius 2 is 2.00 bits per heavy atom. The van der Waals surface area contributed by atoms with Crippen molar-refractivity contribution in [2.24, 2.45) is 10.7 Å². The molecule has 24 heavy (non-hydrogen) atoms. The fraction of sp³-hybridized carbons (Fsp3) is 0.294. The van der Waals surface area contributed by atoms with E-state index in [9.17, 15) is 4.39 Å². The highest BCUT2D eigenvalue weighted by Gasteiger charge is 2.08. The number of rotatable bonds is 6. The number of halogens is 2. The average Bonchev–Trinajstić information content (AvgIpc) is 2.55. The van der Waals surface area contributed by atoms with Crippen molar-refractivity contribution in [1.82, 2.24) is 9.88 Å². The predicted molar refractivity (Wildman–Crippen MR) is 104 cm³/mol. The van der Waals surface area contributed by atoms with E-state index in [2.05, 4.69) is 9.98 Å². The van der Waals surface area contributed by atoms with Crippen molar-refractivity contribution in [2.45, 2.75) is 20.4 Å². The Kier molecular flexibility index (Phi) is 8.45. The summed E-state index contributed by atoms with van der Waals surface area (Å²) in [6.07, 6.45) is 1.62. The topological polar surface area (TPSA) is 63.7 Å². The Morgan fingerprint density at radius 1 is 1.25 bits per heavy atom. The van der Waals surface area contributed by atoms with E-state index in [4.69, 9.17) is 10.5 Å². The summed E-state index contributed by atoms with van der Waals surface area (Å²) in [6, 6.07) is 9.60. The van der Waals surface area contributed by atoms with Gasteiger partial charge in [-0.3, -0.25) is 0 Å². The van der Waals surface area contributed by atoms with Crippen molar-refractivity contribution in [1.29, 1.82) is 0 Å². The van der Waals surface area contributed by atoms with Crippen LogP contribution in [0.5, 0.6) is 11.6 Å². The first-order valence-corrected chi connectivity index (χ1v) is 7.56. The molecule has 7 heteroatoms. The monoisotopic (exact) mass is 444 g/mol. The lowest BCUT2D eigenvalue weighted by molar-refractivity contribution is 0.449. The van der Waals surface area contributed by atoms with Crippen LogP contribution in [0.2, 0.25) is 0 Å². The number of hydrogen-bond acceptors (Lipinski definition) is 3. The Balaban J connectivity index is 0.00000288. The Morgan fingerprint density at radius 3 is 2.67 bits per heavy atom. The quantitative estimate of drug-likeness (QED) is 0.419. The second kappa shape index (κ2) is 10.1. The molecule has 0 unspecified atom stereocenters. The predicted octanol–water partition coefficient (Wildman–Crippen LogP) is 3.79. The van der Waals surface area contributed by atoms with Crippen LogP contribution in [0.4, 0.5) is 4.39 Å². The van der Waals surface area contributed by atoms with Crippen LogP contribution in [0.1, 0.15) is 19.4 Å². The lowest BCUT2D eigenvalue weighted by atomic mass is 10.2. The van der Waals surface area contributed by atoms with Gasteiger partial charge >= 0.3 is 0 Å². The van der Waals surface area contributed by atoms with E-state index in [0.29, 0.717) is 24.1 Å². The number of nitrogens with two attached hydrogens (primary N) is 1. The zero-order valence-electron chi connectivity index (χ0n) is 13.8. The Hall–Kier alpha value is -1.90. The van der Waals surface area contributed by atoms with E-state index in [0.717, 1.165) is 18.7 Å². The zero-order valence-corrected chi connectivity index (χ0v) is 16.1. The van der Waals surface area contributed by atoms with Crippen molar-refractivity contribution in [3.05, 3.63) is 54.0 Å². The van der Waals surface area contributed by atoms with Crippen molar-refractivity contribution in [2.75, 3.05) is 13.1 Å². The summed E-state index contributed by atoms with van der Waals surface area (Å²) >= 11 is 0. The molecule has 2 rings (SSSR count). The summed E-state index contributed by atoms with van der Waals surface area (Å²) < 4.78 is 18.9. The van der Waals surface area contributed by atoms with Crippen LogP contribution in [0.3, 0.4) is 0 Å². The summed E-state index contributed by atoms with van der Waals surface area (Å²) in [5.41, 5.74) is 6.76. The van der Waals surface area contributed by atoms with Crippen LogP contribution in [0.25, 0.3) is 0 Å². The highest BCUT2D eigenvalue weighted by Crippen LogP contribution is 2.23. The van der Waals surface area contributed by atoms with Gasteiger partial charge in [0, 0.05) is 30.9 Å². The molecule has 0 amide bonds. The van der Waals surface area contributed by atoms with Crippen LogP contribution < -0.4 is 10.5 Å². The molecule has 1 aromatic heterocycles. The summed E-state index contributed by atoms with van der Waals surface area (Å²) in [4.78, 5) is 10.5. The number of aliphatic imine (C=N–C) groups is 1. The van der Waals surface area contributed by atoms with E-state index in [-0.39, 0.29) is 29.8 Å². The van der Waals surface area contributed by atoms with Crippen LogP contribution >= 0.6 is 24.0 Å². The minimum Gasteiger partial charge on any atom is -0.439 e. The number of benzene rings is 1. The highest BCUT2D eigenvalue weighted by molar-refractivity contribution is 14.0. The van der Waals surface area contributed by atoms with Crippen LogP contribution in [-0.2, 0) is 6.54 Å². The van der Waals surface area contributed by atoms with Gasteiger partial charge in [0.25, 0.3) is 0 Å². The average molecular weight is 444 g/mol. The molecule has 130 valence electrons. The fourth-order valence-electron chi connectivity index (χ4n) is 2.09. The van der Waals surface area contributed by atoms with Gasteiger partial charge in [-0.05, 0) is 32.0 Å². The minimum absolute atomic E-state index is 0. The van der Waals surface area contributed by atoms with Gasteiger partial charge in [0.2, 0.25) is 5.88 Å². The van der Waals surface area contributed by atoms with Gasteiger partial charge in [0.05, 0.1) is 6.54 Å². The molecule has 0 spiro atoms.